The van der Waals surface area contributed by atoms with Crippen LogP contribution in [0, 0.1) is 5.41 Å². The summed E-state index contributed by atoms with van der Waals surface area (Å²) in [7, 11) is -3.39. The van der Waals surface area contributed by atoms with Gasteiger partial charge in [0.1, 0.15) is 0 Å². The second-order valence-corrected chi connectivity index (χ2v) is 14.6. The number of hydrogen-bond acceptors (Lipinski definition) is 5. The van der Waals surface area contributed by atoms with Gasteiger partial charge in [-0.15, -0.1) is 0 Å². The Bertz CT molecular complexity index is 1340. The lowest BCUT2D eigenvalue weighted by molar-refractivity contribution is -0.161. The van der Waals surface area contributed by atoms with Crippen molar-refractivity contribution < 1.29 is 22.7 Å². The number of ether oxygens (including phenoxy) is 2. The number of rotatable bonds is 9. The lowest BCUT2D eigenvalue weighted by atomic mass is 9.66. The molecule has 2 aromatic rings. The van der Waals surface area contributed by atoms with Crippen molar-refractivity contribution in [2.75, 3.05) is 12.4 Å². The van der Waals surface area contributed by atoms with Crippen LogP contribution in [0.15, 0.2) is 60.0 Å². The van der Waals surface area contributed by atoms with Crippen molar-refractivity contribution in [3.63, 3.8) is 0 Å². The van der Waals surface area contributed by atoms with Gasteiger partial charge in [-0.05, 0) is 68.5 Å². The molecule has 40 heavy (non-hydrogen) atoms. The maximum absolute atomic E-state index is 14.7. The van der Waals surface area contributed by atoms with E-state index in [1.807, 2.05) is 81.1 Å². The molecule has 0 aliphatic carbocycles. The first-order valence-electron chi connectivity index (χ1n) is 13.8. The lowest BCUT2D eigenvalue weighted by Gasteiger charge is -2.52. The van der Waals surface area contributed by atoms with Gasteiger partial charge in [-0.3, -0.25) is 4.79 Å². The van der Waals surface area contributed by atoms with E-state index in [2.05, 4.69) is 0 Å². The molecule has 1 amide bonds. The third-order valence-corrected chi connectivity index (χ3v) is 9.89. The molecule has 2 unspecified atom stereocenters. The molecule has 2 fully saturated rings. The minimum Gasteiger partial charge on any atom is -0.348 e. The van der Waals surface area contributed by atoms with Gasteiger partial charge in [-0.1, -0.05) is 74.3 Å². The summed E-state index contributed by atoms with van der Waals surface area (Å²) < 4.78 is 36.9. The molecule has 4 rings (SSSR count). The molecule has 0 bridgehead atoms. The highest BCUT2D eigenvalue weighted by atomic mass is 35.5. The minimum absolute atomic E-state index is 0.00779. The Hall–Kier alpha value is -1.90. The number of benzene rings is 2. The van der Waals surface area contributed by atoms with E-state index in [0.29, 0.717) is 35.9 Å². The third kappa shape index (κ3) is 6.93. The number of likely N-dealkylation sites (tertiary alicyclic amines) is 1. The first-order chi connectivity index (χ1) is 18.8. The van der Waals surface area contributed by atoms with Crippen molar-refractivity contribution in [2.45, 2.75) is 83.8 Å². The molecule has 6 nitrogen and oxygen atoms in total. The molecule has 2 aromatic carbocycles. The Kier molecular flexibility index (Phi) is 9.42. The van der Waals surface area contributed by atoms with E-state index in [4.69, 9.17) is 32.7 Å². The fraction of sp³-hybridized carbons (Fsp3) is 0.516. The molecule has 2 heterocycles. The van der Waals surface area contributed by atoms with Gasteiger partial charge in [-0.25, -0.2) is 8.42 Å². The summed E-state index contributed by atoms with van der Waals surface area (Å²) >= 11 is 12.7. The van der Waals surface area contributed by atoms with Crippen LogP contribution in [0.3, 0.4) is 0 Å². The number of amides is 1. The largest absolute Gasteiger partial charge is 0.348 e. The topological polar surface area (TPSA) is 72.9 Å². The quantitative estimate of drug-likeness (QED) is 0.298. The molecule has 2 aliphatic rings. The average Bonchev–Trinajstić information content (AvgIpc) is 3.24. The number of piperidine rings is 1. The van der Waals surface area contributed by atoms with Crippen LogP contribution in [-0.2, 0) is 24.1 Å². The van der Waals surface area contributed by atoms with Crippen LogP contribution in [0.1, 0.15) is 77.0 Å². The Morgan fingerprint density at radius 3 is 2.33 bits per heavy atom. The zero-order valence-electron chi connectivity index (χ0n) is 23.8. The molecule has 0 saturated carbocycles. The highest BCUT2D eigenvalue weighted by molar-refractivity contribution is 7.94. The van der Waals surface area contributed by atoms with Crippen LogP contribution in [0.5, 0.6) is 0 Å². The normalized spacial score (nSPS) is 27.8. The van der Waals surface area contributed by atoms with E-state index in [9.17, 15) is 13.2 Å². The van der Waals surface area contributed by atoms with Crippen molar-refractivity contribution in [1.29, 1.82) is 0 Å². The molecule has 2 saturated heterocycles. The SMILES string of the molecule is CC[C@@H](/C=C/S(=O)(=O)CC)N1C(=O)[C@@](C)(CC2COC(C)(C)O2)CC(c2cccc(Cl)c2)[C@H]1c1ccc(Cl)cc1. The Morgan fingerprint density at radius 2 is 1.75 bits per heavy atom. The molecule has 0 spiro atoms. The summed E-state index contributed by atoms with van der Waals surface area (Å²) in [6.07, 6.45) is 3.00. The van der Waals surface area contributed by atoms with Crippen LogP contribution in [-0.4, -0.2) is 49.5 Å². The molecular formula is C31H39Cl2NO5S. The summed E-state index contributed by atoms with van der Waals surface area (Å²) in [4.78, 5) is 16.6. The monoisotopic (exact) mass is 607 g/mol. The number of hydrogen-bond donors (Lipinski definition) is 0. The van der Waals surface area contributed by atoms with Gasteiger partial charge in [0.2, 0.25) is 5.91 Å². The van der Waals surface area contributed by atoms with Crippen LogP contribution in [0.4, 0.5) is 0 Å². The van der Waals surface area contributed by atoms with Gasteiger partial charge in [0.15, 0.2) is 15.6 Å². The minimum atomic E-state index is -3.39. The second kappa shape index (κ2) is 12.1. The van der Waals surface area contributed by atoms with E-state index < -0.39 is 27.1 Å². The Labute approximate surface area is 248 Å². The van der Waals surface area contributed by atoms with E-state index in [1.165, 1.54) is 5.41 Å². The van der Waals surface area contributed by atoms with Crippen LogP contribution in [0.25, 0.3) is 0 Å². The summed E-state index contributed by atoms with van der Waals surface area (Å²) in [5, 5.41) is 2.47. The van der Waals surface area contributed by atoms with Crippen molar-refractivity contribution in [2.24, 2.45) is 5.41 Å². The number of carbonyl (C=O) groups is 1. The summed E-state index contributed by atoms with van der Waals surface area (Å²) in [6.45, 7) is 9.73. The van der Waals surface area contributed by atoms with Gasteiger partial charge < -0.3 is 14.4 Å². The average molecular weight is 609 g/mol. The third-order valence-electron chi connectivity index (χ3n) is 8.02. The van der Waals surface area contributed by atoms with Gasteiger partial charge in [0.25, 0.3) is 0 Å². The summed E-state index contributed by atoms with van der Waals surface area (Å²) in [5.41, 5.74) is 1.14. The zero-order chi connectivity index (χ0) is 29.3. The van der Waals surface area contributed by atoms with Gasteiger partial charge >= 0.3 is 0 Å². The van der Waals surface area contributed by atoms with Gasteiger partial charge in [0.05, 0.1) is 30.5 Å². The predicted molar refractivity (Wildman–Crippen MR) is 160 cm³/mol. The molecule has 0 N–H and O–H groups in total. The van der Waals surface area contributed by atoms with Crippen molar-refractivity contribution in [3.05, 3.63) is 81.2 Å². The number of carbonyl (C=O) groups excluding carboxylic acids is 1. The van der Waals surface area contributed by atoms with Crippen molar-refractivity contribution in [3.8, 4) is 0 Å². The molecule has 5 atom stereocenters. The maximum Gasteiger partial charge on any atom is 0.229 e. The fourth-order valence-electron chi connectivity index (χ4n) is 6.03. The van der Waals surface area contributed by atoms with E-state index in [0.717, 1.165) is 11.1 Å². The zero-order valence-corrected chi connectivity index (χ0v) is 26.1. The fourth-order valence-corrected chi connectivity index (χ4v) is 6.97. The first-order valence-corrected chi connectivity index (χ1v) is 16.3. The van der Waals surface area contributed by atoms with Crippen LogP contribution < -0.4 is 0 Å². The number of halogens is 2. The molecule has 9 heteroatoms. The highest BCUT2D eigenvalue weighted by Crippen LogP contribution is 2.53. The smallest absolute Gasteiger partial charge is 0.229 e. The molecule has 0 aromatic heterocycles. The molecular weight excluding hydrogens is 569 g/mol. The molecule has 2 aliphatic heterocycles. The summed E-state index contributed by atoms with van der Waals surface area (Å²) in [5.74, 6) is -0.876. The van der Waals surface area contributed by atoms with Crippen molar-refractivity contribution in [1.82, 2.24) is 4.90 Å². The van der Waals surface area contributed by atoms with Gasteiger partial charge in [-0.2, -0.15) is 0 Å². The van der Waals surface area contributed by atoms with E-state index in [1.54, 1.807) is 13.0 Å². The van der Waals surface area contributed by atoms with Crippen molar-refractivity contribution >= 4 is 38.9 Å². The highest BCUT2D eigenvalue weighted by Gasteiger charge is 2.53. The Morgan fingerprint density at radius 1 is 1.05 bits per heavy atom. The molecule has 218 valence electrons. The standard InChI is InChI=1S/C31H39Cl2NO5S/c1-6-25(15-16-40(36,37)7-2)34-28(21-11-13-23(32)14-12-21)27(22-9-8-10-24(33)17-22)19-31(5,29(34)35)18-26-20-38-30(3,4)39-26/h8-17,25-28H,6-7,18-20H2,1-5H3/b16-15+/t25-,26?,27?,28+,31-/m0/s1. The van der Waals surface area contributed by atoms with E-state index >= 15 is 0 Å². The number of nitrogens with zero attached hydrogens (tertiary/aromatic N) is 1. The molecule has 0 radical (unpaired) electrons. The summed E-state index contributed by atoms with van der Waals surface area (Å²) in [6, 6.07) is 14.5. The number of sulfone groups is 1. The Balaban J connectivity index is 1.87. The predicted octanol–water partition coefficient (Wildman–Crippen LogP) is 7.33. The first kappa shape index (κ1) is 31.0. The van der Waals surface area contributed by atoms with Crippen LogP contribution in [0.2, 0.25) is 10.0 Å². The van der Waals surface area contributed by atoms with E-state index in [-0.39, 0.29) is 29.7 Å². The van der Waals surface area contributed by atoms with Gasteiger partial charge in [0, 0.05) is 26.8 Å². The second-order valence-electron chi connectivity index (χ2n) is 11.5. The maximum atomic E-state index is 14.7. The van der Waals surface area contributed by atoms with Crippen LogP contribution >= 0.6 is 23.2 Å². The lowest BCUT2D eigenvalue weighted by Crippen LogP contribution is -2.56.